The first-order valence-electron chi connectivity index (χ1n) is 4.29. The summed E-state index contributed by atoms with van der Waals surface area (Å²) in [5, 5.41) is 3.42. The van der Waals surface area contributed by atoms with Crippen LogP contribution < -0.4 is 5.32 Å². The normalized spacial score (nSPS) is 15.3. The Morgan fingerprint density at radius 2 is 2.21 bits per heavy atom. The number of pyridine rings is 1. The van der Waals surface area contributed by atoms with Crippen molar-refractivity contribution in [1.82, 2.24) is 10.3 Å². The number of amides is 1. The molecule has 14 heavy (non-hydrogen) atoms. The van der Waals surface area contributed by atoms with E-state index in [2.05, 4.69) is 10.3 Å². The molecule has 1 N–H and O–H groups in total. The zero-order valence-corrected chi connectivity index (χ0v) is 8.77. The van der Waals surface area contributed by atoms with Crippen LogP contribution in [0.5, 0.6) is 0 Å². The number of aromatic nitrogens is 1. The van der Waals surface area contributed by atoms with E-state index in [1.807, 2.05) is 0 Å². The second kappa shape index (κ2) is 3.75. The highest BCUT2D eigenvalue weighted by Gasteiger charge is 2.24. The molecule has 1 aromatic heterocycles. The van der Waals surface area contributed by atoms with Gasteiger partial charge >= 0.3 is 0 Å². The molecule has 0 radical (unpaired) electrons. The maximum atomic E-state index is 11.6. The van der Waals surface area contributed by atoms with Crippen molar-refractivity contribution in [2.45, 2.75) is 18.9 Å². The molecular weight excluding hydrogens is 223 g/mol. The van der Waals surface area contributed by atoms with Gasteiger partial charge in [0.25, 0.3) is 5.91 Å². The summed E-state index contributed by atoms with van der Waals surface area (Å²) >= 11 is 11.5. The van der Waals surface area contributed by atoms with Gasteiger partial charge in [-0.05, 0) is 18.9 Å². The third-order valence-corrected chi connectivity index (χ3v) is 2.47. The summed E-state index contributed by atoms with van der Waals surface area (Å²) in [5.41, 5.74) is 0.339. The summed E-state index contributed by atoms with van der Waals surface area (Å²) in [4.78, 5) is 15.4. The van der Waals surface area contributed by atoms with Crippen LogP contribution in [0.15, 0.2) is 12.3 Å². The molecule has 5 heteroatoms. The first-order chi connectivity index (χ1) is 6.66. The molecule has 1 saturated carbocycles. The van der Waals surface area contributed by atoms with Crippen LogP contribution >= 0.6 is 23.2 Å². The monoisotopic (exact) mass is 230 g/mol. The number of nitrogens with one attached hydrogen (secondary N) is 1. The SMILES string of the molecule is O=C(NC1CC1)c1cc(Cl)cnc1Cl. The molecule has 0 aromatic carbocycles. The Morgan fingerprint density at radius 1 is 1.50 bits per heavy atom. The highest BCUT2D eigenvalue weighted by atomic mass is 35.5. The molecule has 0 bridgehead atoms. The molecule has 74 valence electrons. The minimum absolute atomic E-state index is 0.188. The van der Waals surface area contributed by atoms with E-state index in [-0.39, 0.29) is 11.1 Å². The van der Waals surface area contributed by atoms with Crippen LogP contribution in [0, 0.1) is 0 Å². The van der Waals surface area contributed by atoms with Gasteiger partial charge in [-0.1, -0.05) is 23.2 Å². The Kier molecular flexibility index (Phi) is 2.61. The van der Waals surface area contributed by atoms with Crippen LogP contribution in [-0.2, 0) is 0 Å². The molecule has 0 spiro atoms. The van der Waals surface area contributed by atoms with Crippen LogP contribution in [0.3, 0.4) is 0 Å². The van der Waals surface area contributed by atoms with Gasteiger partial charge in [-0.2, -0.15) is 0 Å². The fourth-order valence-corrected chi connectivity index (χ4v) is 1.42. The van der Waals surface area contributed by atoms with E-state index in [4.69, 9.17) is 23.2 Å². The lowest BCUT2D eigenvalue weighted by atomic mass is 10.2. The standard InChI is InChI=1S/C9H8Cl2N2O/c10-5-3-7(8(11)12-4-5)9(14)13-6-1-2-6/h3-4,6H,1-2H2,(H,13,14). The van der Waals surface area contributed by atoms with Crippen molar-refractivity contribution in [2.75, 3.05) is 0 Å². The summed E-state index contributed by atoms with van der Waals surface area (Å²) < 4.78 is 0. The maximum Gasteiger partial charge on any atom is 0.254 e. The van der Waals surface area contributed by atoms with Crippen molar-refractivity contribution in [1.29, 1.82) is 0 Å². The summed E-state index contributed by atoms with van der Waals surface area (Å²) in [6.07, 6.45) is 3.49. The largest absolute Gasteiger partial charge is 0.349 e. The van der Waals surface area contributed by atoms with E-state index >= 15 is 0 Å². The van der Waals surface area contributed by atoms with Crippen LogP contribution in [0.25, 0.3) is 0 Å². The molecule has 1 aromatic rings. The zero-order chi connectivity index (χ0) is 10.1. The molecule has 1 heterocycles. The fraction of sp³-hybridized carbons (Fsp3) is 0.333. The van der Waals surface area contributed by atoms with Gasteiger partial charge in [-0.25, -0.2) is 4.98 Å². The molecule has 2 rings (SSSR count). The molecule has 1 fully saturated rings. The molecular formula is C9H8Cl2N2O. The van der Waals surface area contributed by atoms with Crippen molar-refractivity contribution < 1.29 is 4.79 Å². The predicted octanol–water partition coefficient (Wildman–Crippen LogP) is 2.28. The van der Waals surface area contributed by atoms with Gasteiger partial charge in [0.05, 0.1) is 10.6 Å². The fourth-order valence-electron chi connectivity index (χ4n) is 1.07. The molecule has 0 unspecified atom stereocenters. The van der Waals surface area contributed by atoms with Gasteiger partial charge in [0, 0.05) is 12.2 Å². The highest BCUT2D eigenvalue weighted by Crippen LogP contribution is 2.22. The molecule has 3 nitrogen and oxygen atoms in total. The Labute approximate surface area is 91.4 Å². The summed E-state index contributed by atoms with van der Waals surface area (Å²) in [5.74, 6) is -0.201. The number of halogens is 2. The van der Waals surface area contributed by atoms with E-state index in [1.165, 1.54) is 12.3 Å². The first-order valence-corrected chi connectivity index (χ1v) is 5.04. The average Bonchev–Trinajstić information content (AvgIpc) is 2.93. The van der Waals surface area contributed by atoms with Crippen LogP contribution in [0.1, 0.15) is 23.2 Å². The van der Waals surface area contributed by atoms with Gasteiger partial charge in [-0.3, -0.25) is 4.79 Å². The van der Waals surface area contributed by atoms with Crippen molar-refractivity contribution >= 4 is 29.1 Å². The van der Waals surface area contributed by atoms with Gasteiger partial charge in [-0.15, -0.1) is 0 Å². The third-order valence-electron chi connectivity index (χ3n) is 1.96. The van der Waals surface area contributed by atoms with Gasteiger partial charge in [0.15, 0.2) is 0 Å². The molecule has 0 aliphatic heterocycles. The minimum Gasteiger partial charge on any atom is -0.349 e. The molecule has 0 saturated heterocycles. The van der Waals surface area contributed by atoms with Crippen LogP contribution in [-0.4, -0.2) is 16.9 Å². The smallest absolute Gasteiger partial charge is 0.254 e. The van der Waals surface area contributed by atoms with E-state index in [9.17, 15) is 4.79 Å². The zero-order valence-electron chi connectivity index (χ0n) is 7.26. The Bertz CT molecular complexity index is 377. The third kappa shape index (κ3) is 2.16. The maximum absolute atomic E-state index is 11.6. The van der Waals surface area contributed by atoms with Crippen molar-refractivity contribution in [3.8, 4) is 0 Å². The second-order valence-corrected chi connectivity index (χ2v) is 4.03. The number of carbonyl (C=O) groups excluding carboxylic acids is 1. The lowest BCUT2D eigenvalue weighted by molar-refractivity contribution is 0.0951. The van der Waals surface area contributed by atoms with Crippen molar-refractivity contribution in [2.24, 2.45) is 0 Å². The average molecular weight is 231 g/mol. The summed E-state index contributed by atoms with van der Waals surface area (Å²) in [6, 6.07) is 1.83. The van der Waals surface area contributed by atoms with Crippen molar-refractivity contribution in [3.05, 3.63) is 28.0 Å². The summed E-state index contributed by atoms with van der Waals surface area (Å²) in [7, 11) is 0. The number of carbonyl (C=O) groups is 1. The molecule has 1 aliphatic carbocycles. The van der Waals surface area contributed by atoms with Crippen molar-refractivity contribution in [3.63, 3.8) is 0 Å². The number of hydrogen-bond donors (Lipinski definition) is 1. The second-order valence-electron chi connectivity index (χ2n) is 3.24. The van der Waals surface area contributed by atoms with Gasteiger partial charge < -0.3 is 5.32 Å². The van der Waals surface area contributed by atoms with Gasteiger partial charge in [0.2, 0.25) is 0 Å². The van der Waals surface area contributed by atoms with Gasteiger partial charge in [0.1, 0.15) is 5.15 Å². The Balaban J connectivity index is 2.20. The van der Waals surface area contributed by atoms with E-state index < -0.39 is 0 Å². The first kappa shape index (κ1) is 9.74. The molecule has 1 aliphatic rings. The van der Waals surface area contributed by atoms with Crippen LogP contribution in [0.2, 0.25) is 10.2 Å². The lowest BCUT2D eigenvalue weighted by Crippen LogP contribution is -2.25. The summed E-state index contributed by atoms with van der Waals surface area (Å²) in [6.45, 7) is 0. The Hall–Kier alpha value is -0.800. The molecule has 0 atom stereocenters. The van der Waals surface area contributed by atoms with Crippen LogP contribution in [0.4, 0.5) is 0 Å². The van der Waals surface area contributed by atoms with E-state index in [0.717, 1.165) is 12.8 Å². The van der Waals surface area contributed by atoms with E-state index in [0.29, 0.717) is 16.6 Å². The molecule has 1 amide bonds. The number of rotatable bonds is 2. The predicted molar refractivity (Wildman–Crippen MR) is 54.7 cm³/mol. The minimum atomic E-state index is -0.201. The highest BCUT2D eigenvalue weighted by molar-refractivity contribution is 6.34. The Morgan fingerprint density at radius 3 is 2.86 bits per heavy atom. The number of nitrogens with zero attached hydrogens (tertiary/aromatic N) is 1. The van der Waals surface area contributed by atoms with E-state index in [1.54, 1.807) is 0 Å². The number of hydrogen-bond acceptors (Lipinski definition) is 2. The lowest BCUT2D eigenvalue weighted by Gasteiger charge is -2.04. The quantitative estimate of drug-likeness (QED) is 0.793. The topological polar surface area (TPSA) is 42.0 Å².